The Labute approximate surface area is 172 Å². The lowest BCUT2D eigenvalue weighted by Crippen LogP contribution is -2.28. The number of thioether (sulfide) groups is 1. The third-order valence-electron chi connectivity index (χ3n) is 4.82. The maximum absolute atomic E-state index is 12.6. The van der Waals surface area contributed by atoms with E-state index in [1.807, 2.05) is 18.2 Å². The quantitative estimate of drug-likeness (QED) is 0.475. The molecular formula is C21H21N3O4S. The third-order valence-corrected chi connectivity index (χ3v) is 5.83. The van der Waals surface area contributed by atoms with E-state index in [4.69, 9.17) is 9.15 Å². The normalized spacial score (nSPS) is 12.6. The topological polar surface area (TPSA) is 86.4 Å². The van der Waals surface area contributed by atoms with Gasteiger partial charge in [-0.25, -0.2) is 4.79 Å². The minimum absolute atomic E-state index is 0.166. The van der Waals surface area contributed by atoms with E-state index in [-0.39, 0.29) is 17.3 Å². The van der Waals surface area contributed by atoms with Gasteiger partial charge in [0, 0.05) is 11.3 Å². The summed E-state index contributed by atoms with van der Waals surface area (Å²) in [6.07, 6.45) is 4.25. The van der Waals surface area contributed by atoms with Gasteiger partial charge in [-0.1, -0.05) is 23.9 Å². The number of para-hydroxylation sites is 2. The molecule has 0 aliphatic heterocycles. The van der Waals surface area contributed by atoms with Crippen molar-refractivity contribution in [1.82, 2.24) is 9.55 Å². The first-order valence-corrected chi connectivity index (χ1v) is 10.3. The summed E-state index contributed by atoms with van der Waals surface area (Å²) in [6, 6.07) is 10.9. The Morgan fingerprint density at radius 3 is 2.93 bits per heavy atom. The Balaban J connectivity index is 1.49. The minimum atomic E-state index is -0.310. The van der Waals surface area contributed by atoms with Crippen LogP contribution < -0.4 is 15.7 Å². The van der Waals surface area contributed by atoms with Crippen LogP contribution in [-0.4, -0.2) is 28.3 Å². The number of rotatable bonds is 7. The average molecular weight is 411 g/mol. The molecule has 2 aromatic heterocycles. The number of carbonyl (C=O) groups excluding carboxylic acids is 1. The van der Waals surface area contributed by atoms with Crippen LogP contribution in [0.15, 0.2) is 56.9 Å². The van der Waals surface area contributed by atoms with E-state index < -0.39 is 0 Å². The number of nitrogens with zero attached hydrogens (tertiary/aromatic N) is 2. The summed E-state index contributed by atoms with van der Waals surface area (Å²) < 4.78 is 12.3. The van der Waals surface area contributed by atoms with Crippen molar-refractivity contribution in [2.45, 2.75) is 30.8 Å². The highest BCUT2D eigenvalue weighted by Crippen LogP contribution is 2.30. The number of carbonyl (C=O) groups is 1. The van der Waals surface area contributed by atoms with Crippen LogP contribution in [0, 0.1) is 0 Å². The van der Waals surface area contributed by atoms with Crippen molar-refractivity contribution in [3.63, 3.8) is 0 Å². The molecule has 0 saturated heterocycles. The fourth-order valence-electron chi connectivity index (χ4n) is 3.50. The summed E-state index contributed by atoms with van der Waals surface area (Å²) in [5, 5.41) is 3.49. The van der Waals surface area contributed by atoms with E-state index in [2.05, 4.69) is 10.3 Å². The zero-order chi connectivity index (χ0) is 20.2. The van der Waals surface area contributed by atoms with Crippen molar-refractivity contribution >= 4 is 23.4 Å². The fraction of sp³-hybridized carbons (Fsp3) is 0.286. The summed E-state index contributed by atoms with van der Waals surface area (Å²) in [4.78, 5) is 29.3. The molecule has 1 aromatic carbocycles. The van der Waals surface area contributed by atoms with Crippen LogP contribution in [-0.2, 0) is 24.2 Å². The summed E-state index contributed by atoms with van der Waals surface area (Å²) in [5.74, 6) is 1.32. The molecule has 2 heterocycles. The second kappa shape index (κ2) is 8.57. The van der Waals surface area contributed by atoms with Crippen molar-refractivity contribution in [1.29, 1.82) is 0 Å². The Bertz CT molecular complexity index is 1080. The van der Waals surface area contributed by atoms with E-state index in [1.165, 1.54) is 11.8 Å². The van der Waals surface area contributed by atoms with Crippen LogP contribution in [0.4, 0.5) is 5.69 Å². The zero-order valence-electron chi connectivity index (χ0n) is 16.0. The molecule has 0 spiro atoms. The Kier molecular flexibility index (Phi) is 5.71. The largest absolute Gasteiger partial charge is 0.495 e. The van der Waals surface area contributed by atoms with Crippen LogP contribution >= 0.6 is 11.8 Å². The molecular weight excluding hydrogens is 390 g/mol. The molecule has 0 unspecified atom stereocenters. The van der Waals surface area contributed by atoms with E-state index in [0.29, 0.717) is 23.0 Å². The Hall–Kier alpha value is -3.00. The maximum Gasteiger partial charge on any atom is 0.349 e. The highest BCUT2D eigenvalue weighted by molar-refractivity contribution is 8.00. The fourth-order valence-corrected chi connectivity index (χ4v) is 4.37. The smallest absolute Gasteiger partial charge is 0.349 e. The lowest BCUT2D eigenvalue weighted by molar-refractivity contribution is -0.113. The van der Waals surface area contributed by atoms with E-state index in [0.717, 1.165) is 36.3 Å². The molecule has 29 heavy (non-hydrogen) atoms. The van der Waals surface area contributed by atoms with Crippen molar-refractivity contribution in [3.8, 4) is 5.75 Å². The summed E-state index contributed by atoms with van der Waals surface area (Å²) >= 11 is 1.30. The highest BCUT2D eigenvalue weighted by Gasteiger charge is 2.23. The van der Waals surface area contributed by atoms with E-state index >= 15 is 0 Å². The minimum Gasteiger partial charge on any atom is -0.495 e. The van der Waals surface area contributed by atoms with Gasteiger partial charge in [0.15, 0.2) is 0 Å². The molecule has 0 bridgehead atoms. The molecule has 7 nitrogen and oxygen atoms in total. The van der Waals surface area contributed by atoms with Gasteiger partial charge in [-0.05, 0) is 43.5 Å². The number of nitrogens with one attached hydrogen (secondary N) is 1. The second-order valence-corrected chi connectivity index (χ2v) is 7.65. The molecule has 150 valence electrons. The average Bonchev–Trinajstić information content (AvgIpc) is 3.41. The second-order valence-electron chi connectivity index (χ2n) is 6.68. The highest BCUT2D eigenvalue weighted by atomic mass is 32.2. The van der Waals surface area contributed by atoms with Crippen molar-refractivity contribution in [2.24, 2.45) is 0 Å². The third kappa shape index (κ3) is 4.22. The van der Waals surface area contributed by atoms with Crippen LogP contribution in [0.25, 0.3) is 0 Å². The molecule has 1 N–H and O–H groups in total. The van der Waals surface area contributed by atoms with Gasteiger partial charge in [-0.3, -0.25) is 9.36 Å². The number of aromatic nitrogens is 2. The molecule has 4 rings (SSSR count). The number of ether oxygens (including phenoxy) is 1. The molecule has 0 fully saturated rings. The van der Waals surface area contributed by atoms with Gasteiger partial charge in [-0.2, -0.15) is 4.98 Å². The number of fused-ring (bicyclic) bond motifs is 1. The number of benzene rings is 1. The SMILES string of the molecule is COc1ccccc1NC(=O)CSc1nc(=O)n(Cc2ccco2)c2c1CCC2. The van der Waals surface area contributed by atoms with Gasteiger partial charge in [0.1, 0.15) is 16.5 Å². The summed E-state index contributed by atoms with van der Waals surface area (Å²) in [6.45, 7) is 0.375. The summed E-state index contributed by atoms with van der Waals surface area (Å²) in [5.41, 5.74) is 2.36. The van der Waals surface area contributed by atoms with Crippen LogP contribution in [0.1, 0.15) is 23.4 Å². The van der Waals surface area contributed by atoms with Crippen molar-refractivity contribution in [2.75, 3.05) is 18.2 Å². The molecule has 3 aromatic rings. The predicted molar refractivity (Wildman–Crippen MR) is 111 cm³/mol. The number of hydrogen-bond acceptors (Lipinski definition) is 6. The van der Waals surface area contributed by atoms with Crippen molar-refractivity contribution in [3.05, 3.63) is 70.2 Å². The van der Waals surface area contributed by atoms with Gasteiger partial charge in [0.25, 0.3) is 0 Å². The predicted octanol–water partition coefficient (Wildman–Crippen LogP) is 3.11. The van der Waals surface area contributed by atoms with Gasteiger partial charge in [-0.15, -0.1) is 0 Å². The number of methoxy groups -OCH3 is 1. The molecule has 8 heteroatoms. The summed E-state index contributed by atoms with van der Waals surface area (Å²) in [7, 11) is 1.56. The molecule has 0 saturated carbocycles. The number of anilines is 1. The Morgan fingerprint density at radius 1 is 1.28 bits per heavy atom. The molecule has 0 radical (unpaired) electrons. The van der Waals surface area contributed by atoms with Gasteiger partial charge in [0.2, 0.25) is 5.91 Å². The number of furan rings is 1. The monoisotopic (exact) mass is 411 g/mol. The van der Waals surface area contributed by atoms with E-state index in [1.54, 1.807) is 36.1 Å². The number of amides is 1. The zero-order valence-corrected chi connectivity index (χ0v) is 16.8. The Morgan fingerprint density at radius 2 is 2.14 bits per heavy atom. The van der Waals surface area contributed by atoms with Gasteiger partial charge in [0.05, 0.1) is 31.4 Å². The van der Waals surface area contributed by atoms with Crippen LogP contribution in [0.3, 0.4) is 0 Å². The van der Waals surface area contributed by atoms with Gasteiger partial charge >= 0.3 is 5.69 Å². The standard InChI is InChI=1S/C21H21N3O4S/c1-27-18-10-3-2-8-16(18)22-19(25)13-29-20-15-7-4-9-17(15)24(21(26)23-20)12-14-6-5-11-28-14/h2-3,5-6,8,10-11H,4,7,9,12-13H2,1H3,(H,22,25). The lowest BCUT2D eigenvalue weighted by Gasteiger charge is -2.13. The molecule has 0 atom stereocenters. The maximum atomic E-state index is 12.6. The molecule has 1 aliphatic carbocycles. The molecule has 1 amide bonds. The first-order valence-electron chi connectivity index (χ1n) is 9.36. The first kappa shape index (κ1) is 19.3. The van der Waals surface area contributed by atoms with Crippen LogP contribution in [0.2, 0.25) is 0 Å². The van der Waals surface area contributed by atoms with Crippen molar-refractivity contribution < 1.29 is 13.9 Å². The molecule has 1 aliphatic rings. The number of hydrogen-bond donors (Lipinski definition) is 1. The first-order chi connectivity index (χ1) is 14.2. The van der Waals surface area contributed by atoms with E-state index in [9.17, 15) is 9.59 Å². The lowest BCUT2D eigenvalue weighted by atomic mass is 10.2. The van der Waals surface area contributed by atoms with Gasteiger partial charge < -0.3 is 14.5 Å². The van der Waals surface area contributed by atoms with Crippen LogP contribution in [0.5, 0.6) is 5.75 Å².